The SMILES string of the molecule is Cc1cc(C)nc(-n2nc(C)c(CC(=O)NC(C)c3ccc(-c4ccccc4)cc3)c2C)n1. The predicted octanol–water partition coefficient (Wildman–Crippen LogP) is 4.98. The minimum absolute atomic E-state index is 0.0401. The first-order valence-corrected chi connectivity index (χ1v) is 11.1. The van der Waals surface area contributed by atoms with E-state index < -0.39 is 0 Å². The van der Waals surface area contributed by atoms with Crippen LogP contribution in [0.3, 0.4) is 0 Å². The molecule has 2 aromatic heterocycles. The van der Waals surface area contributed by atoms with E-state index in [9.17, 15) is 4.79 Å². The van der Waals surface area contributed by atoms with Crippen LogP contribution in [0, 0.1) is 27.7 Å². The molecule has 4 aromatic rings. The first kappa shape index (κ1) is 22.4. The third kappa shape index (κ3) is 5.00. The Morgan fingerprint density at radius 3 is 2.15 bits per heavy atom. The fourth-order valence-electron chi connectivity index (χ4n) is 4.06. The van der Waals surface area contributed by atoms with E-state index in [0.29, 0.717) is 5.95 Å². The van der Waals surface area contributed by atoms with Crippen molar-refractivity contribution < 1.29 is 4.79 Å². The molecule has 0 radical (unpaired) electrons. The van der Waals surface area contributed by atoms with Gasteiger partial charge < -0.3 is 5.32 Å². The Morgan fingerprint density at radius 2 is 1.52 bits per heavy atom. The second-order valence-electron chi connectivity index (χ2n) is 8.47. The molecule has 0 saturated heterocycles. The lowest BCUT2D eigenvalue weighted by atomic mass is 10.0. The van der Waals surface area contributed by atoms with Crippen molar-refractivity contribution in [3.63, 3.8) is 0 Å². The number of benzene rings is 2. The molecule has 1 unspecified atom stereocenters. The molecule has 2 aromatic carbocycles. The van der Waals surface area contributed by atoms with Crippen LogP contribution >= 0.6 is 0 Å². The third-order valence-electron chi connectivity index (χ3n) is 5.83. The van der Waals surface area contributed by atoms with Crippen LogP contribution in [0.5, 0.6) is 0 Å². The highest BCUT2D eigenvalue weighted by Crippen LogP contribution is 2.22. The van der Waals surface area contributed by atoms with E-state index in [1.165, 1.54) is 5.56 Å². The smallest absolute Gasteiger partial charge is 0.251 e. The highest BCUT2D eigenvalue weighted by atomic mass is 16.1. The molecule has 0 fully saturated rings. The van der Waals surface area contributed by atoms with Crippen molar-refractivity contribution in [1.29, 1.82) is 0 Å². The number of carbonyl (C=O) groups excluding carboxylic acids is 1. The van der Waals surface area contributed by atoms with Crippen LogP contribution in [0.25, 0.3) is 17.1 Å². The average Bonchev–Trinajstić information content (AvgIpc) is 3.07. The van der Waals surface area contributed by atoms with Crippen molar-refractivity contribution in [2.75, 3.05) is 0 Å². The molecule has 0 saturated carbocycles. The van der Waals surface area contributed by atoms with Gasteiger partial charge in [-0.25, -0.2) is 14.6 Å². The van der Waals surface area contributed by atoms with Gasteiger partial charge in [-0.1, -0.05) is 54.6 Å². The van der Waals surface area contributed by atoms with Gasteiger partial charge in [0.25, 0.3) is 5.95 Å². The molecule has 1 N–H and O–H groups in total. The minimum atomic E-state index is -0.0965. The standard InChI is InChI=1S/C27H29N5O/c1-17-15-18(2)29-27(28-17)32-21(5)25(20(4)31-32)16-26(33)30-19(3)22-11-13-24(14-12-22)23-9-7-6-8-10-23/h6-15,19H,16H2,1-5H3,(H,30,33). The van der Waals surface area contributed by atoms with E-state index in [1.807, 2.05) is 58.9 Å². The molecule has 33 heavy (non-hydrogen) atoms. The molecule has 6 heteroatoms. The van der Waals surface area contributed by atoms with E-state index in [4.69, 9.17) is 0 Å². The van der Waals surface area contributed by atoms with E-state index in [1.54, 1.807) is 4.68 Å². The van der Waals surface area contributed by atoms with Crippen LogP contribution in [0.2, 0.25) is 0 Å². The van der Waals surface area contributed by atoms with Crippen LogP contribution in [0.1, 0.15) is 46.9 Å². The molecule has 0 aliphatic rings. The lowest BCUT2D eigenvalue weighted by Gasteiger charge is -2.15. The number of carbonyl (C=O) groups is 1. The summed E-state index contributed by atoms with van der Waals surface area (Å²) >= 11 is 0. The van der Waals surface area contributed by atoms with Gasteiger partial charge in [-0.2, -0.15) is 5.10 Å². The number of amides is 1. The average molecular weight is 440 g/mol. The molecule has 168 valence electrons. The molecule has 1 amide bonds. The highest BCUT2D eigenvalue weighted by Gasteiger charge is 2.19. The Morgan fingerprint density at radius 1 is 0.909 bits per heavy atom. The molecule has 0 spiro atoms. The molecule has 0 bridgehead atoms. The summed E-state index contributed by atoms with van der Waals surface area (Å²) in [5.41, 5.74) is 7.77. The molecule has 1 atom stereocenters. The second kappa shape index (κ2) is 9.36. The van der Waals surface area contributed by atoms with Gasteiger partial charge in [0.1, 0.15) is 0 Å². The zero-order chi connectivity index (χ0) is 23.5. The number of nitrogens with one attached hydrogen (secondary N) is 1. The Hall–Kier alpha value is -3.80. The van der Waals surface area contributed by atoms with Gasteiger partial charge in [0.2, 0.25) is 5.91 Å². The van der Waals surface area contributed by atoms with E-state index >= 15 is 0 Å². The normalized spacial score (nSPS) is 11.9. The lowest BCUT2D eigenvalue weighted by Crippen LogP contribution is -2.28. The maximum absolute atomic E-state index is 12.9. The van der Waals surface area contributed by atoms with Gasteiger partial charge in [0.05, 0.1) is 18.2 Å². The van der Waals surface area contributed by atoms with Crippen LogP contribution in [-0.4, -0.2) is 25.7 Å². The monoisotopic (exact) mass is 439 g/mol. The van der Waals surface area contributed by atoms with Crippen LogP contribution in [-0.2, 0) is 11.2 Å². The van der Waals surface area contributed by atoms with E-state index in [2.05, 4.69) is 56.8 Å². The Kier molecular flexibility index (Phi) is 6.36. The van der Waals surface area contributed by atoms with Gasteiger partial charge in [-0.15, -0.1) is 0 Å². The van der Waals surface area contributed by atoms with Crippen LogP contribution in [0.15, 0.2) is 60.7 Å². The maximum atomic E-state index is 12.9. The number of aromatic nitrogens is 4. The van der Waals surface area contributed by atoms with Crippen LogP contribution < -0.4 is 5.32 Å². The zero-order valence-corrected chi connectivity index (χ0v) is 19.8. The van der Waals surface area contributed by atoms with Gasteiger partial charge in [-0.3, -0.25) is 4.79 Å². The Labute approximate surface area is 194 Å². The maximum Gasteiger partial charge on any atom is 0.251 e. The number of rotatable bonds is 6. The molecular weight excluding hydrogens is 410 g/mol. The number of nitrogens with zero attached hydrogens (tertiary/aromatic N) is 4. The summed E-state index contributed by atoms with van der Waals surface area (Å²) in [6, 6.07) is 20.4. The summed E-state index contributed by atoms with van der Waals surface area (Å²) in [5, 5.41) is 7.72. The lowest BCUT2D eigenvalue weighted by molar-refractivity contribution is -0.121. The second-order valence-corrected chi connectivity index (χ2v) is 8.47. The predicted molar refractivity (Wildman–Crippen MR) is 130 cm³/mol. The molecule has 4 rings (SSSR count). The van der Waals surface area contributed by atoms with Crippen molar-refractivity contribution in [1.82, 2.24) is 25.1 Å². The fourth-order valence-corrected chi connectivity index (χ4v) is 4.06. The van der Waals surface area contributed by atoms with Crippen molar-refractivity contribution in [3.8, 4) is 17.1 Å². The molecule has 6 nitrogen and oxygen atoms in total. The largest absolute Gasteiger partial charge is 0.349 e. The Bertz CT molecular complexity index is 1260. The van der Waals surface area contributed by atoms with E-state index in [0.717, 1.165) is 39.5 Å². The summed E-state index contributed by atoms with van der Waals surface area (Å²) in [7, 11) is 0. The van der Waals surface area contributed by atoms with Crippen molar-refractivity contribution in [2.24, 2.45) is 0 Å². The number of aryl methyl sites for hydroxylation is 3. The van der Waals surface area contributed by atoms with Gasteiger partial charge in [0.15, 0.2) is 0 Å². The third-order valence-corrected chi connectivity index (χ3v) is 5.83. The number of hydrogen-bond donors (Lipinski definition) is 1. The number of hydrogen-bond acceptors (Lipinski definition) is 4. The first-order chi connectivity index (χ1) is 15.8. The first-order valence-electron chi connectivity index (χ1n) is 11.1. The molecule has 0 aliphatic heterocycles. The van der Waals surface area contributed by atoms with Crippen molar-refractivity contribution in [3.05, 3.63) is 94.6 Å². The summed E-state index contributed by atoms with van der Waals surface area (Å²) in [6.07, 6.45) is 0.259. The molecule has 2 heterocycles. The van der Waals surface area contributed by atoms with Gasteiger partial charge in [0, 0.05) is 22.6 Å². The summed E-state index contributed by atoms with van der Waals surface area (Å²) in [5.74, 6) is 0.494. The fraction of sp³-hybridized carbons (Fsp3) is 0.259. The molecular formula is C27H29N5O. The topological polar surface area (TPSA) is 72.7 Å². The summed E-state index contributed by atoms with van der Waals surface area (Å²) in [6.45, 7) is 9.75. The van der Waals surface area contributed by atoms with Crippen molar-refractivity contribution >= 4 is 5.91 Å². The molecule has 0 aliphatic carbocycles. The van der Waals surface area contributed by atoms with E-state index in [-0.39, 0.29) is 18.4 Å². The summed E-state index contributed by atoms with van der Waals surface area (Å²) in [4.78, 5) is 21.9. The minimum Gasteiger partial charge on any atom is -0.349 e. The Balaban J connectivity index is 1.46. The van der Waals surface area contributed by atoms with Gasteiger partial charge in [-0.05, 0) is 57.4 Å². The van der Waals surface area contributed by atoms with Crippen molar-refractivity contribution in [2.45, 2.75) is 47.1 Å². The quantitative estimate of drug-likeness (QED) is 0.460. The summed E-state index contributed by atoms with van der Waals surface area (Å²) < 4.78 is 1.73. The zero-order valence-electron chi connectivity index (χ0n) is 19.8. The van der Waals surface area contributed by atoms with Gasteiger partial charge >= 0.3 is 0 Å². The van der Waals surface area contributed by atoms with Crippen LogP contribution in [0.4, 0.5) is 0 Å². The highest BCUT2D eigenvalue weighted by molar-refractivity contribution is 5.79.